The number of fused-ring (bicyclic) bond motifs is 1. The molecule has 0 saturated carbocycles. The molecule has 5 aromatic rings. The third kappa shape index (κ3) is 6.51. The summed E-state index contributed by atoms with van der Waals surface area (Å²) in [5.74, 6) is 0.572. The minimum atomic E-state index is -0.917. The van der Waals surface area contributed by atoms with Gasteiger partial charge in [-0.05, 0) is 42.5 Å². The molecular formula is C27H19N5O8S. The molecule has 206 valence electrons. The van der Waals surface area contributed by atoms with E-state index in [1.807, 2.05) is 0 Å². The minimum Gasteiger partial charge on any atom is -0.491 e. The van der Waals surface area contributed by atoms with Crippen molar-refractivity contribution in [3.63, 3.8) is 0 Å². The van der Waals surface area contributed by atoms with Crippen molar-refractivity contribution in [2.45, 2.75) is 11.3 Å². The van der Waals surface area contributed by atoms with E-state index in [4.69, 9.17) is 9.15 Å². The molecule has 2 heterocycles. The molecule has 0 aliphatic carbocycles. The second kappa shape index (κ2) is 11.9. The lowest BCUT2D eigenvalue weighted by Crippen LogP contribution is -2.20. The summed E-state index contributed by atoms with van der Waals surface area (Å²) in [7, 11) is 0. The number of hydrogen-bond acceptors (Lipinski definition) is 12. The summed E-state index contributed by atoms with van der Waals surface area (Å²) in [6, 6.07) is 19.4. The molecule has 0 fully saturated rings. The van der Waals surface area contributed by atoms with Crippen LogP contribution in [-0.2, 0) is 0 Å². The molecule has 0 aliphatic rings. The molecule has 0 aliphatic heterocycles. The Bertz CT molecular complexity index is 1800. The standard InChI is InChI=1S/C27H19N5O8S/c33-21(14-39-22-11-5-16-6-12-24(34)40-23(16)13-22)15-41-27-28-25(17-1-7-19(8-2-17)31(35)36)26(29-30-27)18-3-9-20(10-4-18)32(37)38/h1-13,21,33H,14-15H2. The Morgan fingerprint density at radius 2 is 1.46 bits per heavy atom. The quantitative estimate of drug-likeness (QED) is 0.106. The molecule has 3 aromatic carbocycles. The molecule has 0 bridgehead atoms. The Hall–Kier alpha value is -5.21. The normalized spacial score (nSPS) is 11.7. The van der Waals surface area contributed by atoms with E-state index >= 15 is 0 Å². The molecule has 0 spiro atoms. The largest absolute Gasteiger partial charge is 0.491 e. The van der Waals surface area contributed by atoms with Crippen LogP contribution >= 0.6 is 11.8 Å². The third-order valence-electron chi connectivity index (χ3n) is 5.81. The number of aliphatic hydroxyl groups is 1. The summed E-state index contributed by atoms with van der Waals surface area (Å²) < 4.78 is 10.8. The number of nitrogens with zero attached hydrogens (tertiary/aromatic N) is 5. The number of nitro groups is 2. The zero-order chi connectivity index (χ0) is 28.9. The average molecular weight is 574 g/mol. The van der Waals surface area contributed by atoms with Gasteiger partial charge in [0.25, 0.3) is 11.4 Å². The van der Waals surface area contributed by atoms with Crippen LogP contribution in [0.1, 0.15) is 0 Å². The van der Waals surface area contributed by atoms with Gasteiger partial charge in [-0.15, -0.1) is 10.2 Å². The van der Waals surface area contributed by atoms with Crippen molar-refractivity contribution in [3.05, 3.63) is 110 Å². The number of aliphatic hydroxyl groups excluding tert-OH is 1. The minimum absolute atomic E-state index is 0.0565. The van der Waals surface area contributed by atoms with Crippen molar-refractivity contribution >= 4 is 34.1 Å². The number of aromatic nitrogens is 3. The van der Waals surface area contributed by atoms with E-state index in [0.717, 1.165) is 17.1 Å². The fourth-order valence-electron chi connectivity index (χ4n) is 3.79. The summed E-state index contributed by atoms with van der Waals surface area (Å²) in [6.45, 7) is -0.0565. The zero-order valence-corrected chi connectivity index (χ0v) is 21.8. The van der Waals surface area contributed by atoms with Crippen LogP contribution in [-0.4, -0.2) is 48.6 Å². The highest BCUT2D eigenvalue weighted by Gasteiger charge is 2.18. The fraction of sp³-hybridized carbons (Fsp3) is 0.111. The SMILES string of the molecule is O=c1ccc2ccc(OCC(O)CSc3nnc(-c4ccc([N+](=O)[O-])cc4)c(-c4ccc([N+](=O)[O-])cc4)n3)cc2o1. The molecule has 1 unspecified atom stereocenters. The highest BCUT2D eigenvalue weighted by atomic mass is 32.2. The van der Waals surface area contributed by atoms with Gasteiger partial charge in [-0.25, -0.2) is 9.78 Å². The Balaban J connectivity index is 1.33. The van der Waals surface area contributed by atoms with Crippen LogP contribution < -0.4 is 10.4 Å². The topological polar surface area (TPSA) is 185 Å². The van der Waals surface area contributed by atoms with E-state index in [1.165, 1.54) is 54.6 Å². The summed E-state index contributed by atoms with van der Waals surface area (Å²) in [4.78, 5) is 37.2. The Labute approximate surface area is 234 Å². The number of non-ortho nitro benzene ring substituents is 2. The average Bonchev–Trinajstić information content (AvgIpc) is 2.98. The molecule has 13 nitrogen and oxygen atoms in total. The van der Waals surface area contributed by atoms with Gasteiger partial charge in [0.15, 0.2) is 0 Å². The second-order valence-corrected chi connectivity index (χ2v) is 9.62. The lowest BCUT2D eigenvalue weighted by atomic mass is 10.0. The van der Waals surface area contributed by atoms with Crippen molar-refractivity contribution in [2.75, 3.05) is 12.4 Å². The van der Waals surface area contributed by atoms with E-state index in [9.17, 15) is 30.1 Å². The fourth-order valence-corrected chi connectivity index (χ4v) is 4.48. The molecular weight excluding hydrogens is 554 g/mol. The summed E-state index contributed by atoms with van der Waals surface area (Å²) in [5.41, 5.74) is 1.41. The van der Waals surface area contributed by atoms with Crippen LogP contribution in [0.15, 0.2) is 93.2 Å². The highest BCUT2D eigenvalue weighted by Crippen LogP contribution is 2.32. The van der Waals surface area contributed by atoms with E-state index in [-0.39, 0.29) is 28.9 Å². The first-order valence-electron chi connectivity index (χ1n) is 12.0. The molecule has 5 rings (SSSR count). The predicted molar refractivity (Wildman–Crippen MR) is 149 cm³/mol. The van der Waals surface area contributed by atoms with Crippen LogP contribution in [0.4, 0.5) is 11.4 Å². The van der Waals surface area contributed by atoms with Crippen molar-refractivity contribution < 1.29 is 24.1 Å². The van der Waals surface area contributed by atoms with E-state index in [2.05, 4.69) is 15.2 Å². The van der Waals surface area contributed by atoms with Gasteiger partial charge in [-0.1, -0.05) is 11.8 Å². The van der Waals surface area contributed by atoms with Gasteiger partial charge in [0.2, 0.25) is 5.16 Å². The van der Waals surface area contributed by atoms with Gasteiger partial charge in [0.05, 0.1) is 16.0 Å². The first kappa shape index (κ1) is 27.4. The molecule has 2 aromatic heterocycles. The number of nitro benzene ring substituents is 2. The number of thioether (sulfide) groups is 1. The number of ether oxygens (including phenoxy) is 1. The number of rotatable bonds is 10. The van der Waals surface area contributed by atoms with Crippen molar-refractivity contribution in [3.8, 4) is 28.3 Å². The van der Waals surface area contributed by atoms with Gasteiger partial charge in [-0.2, -0.15) is 0 Å². The lowest BCUT2D eigenvalue weighted by molar-refractivity contribution is -0.385. The highest BCUT2D eigenvalue weighted by molar-refractivity contribution is 7.99. The first-order chi connectivity index (χ1) is 19.8. The van der Waals surface area contributed by atoms with Crippen LogP contribution in [0.2, 0.25) is 0 Å². The van der Waals surface area contributed by atoms with E-state index in [0.29, 0.717) is 33.8 Å². The maximum absolute atomic E-state index is 11.5. The van der Waals surface area contributed by atoms with Gasteiger partial charge in [-0.3, -0.25) is 20.2 Å². The van der Waals surface area contributed by atoms with Crippen molar-refractivity contribution in [2.24, 2.45) is 0 Å². The first-order valence-corrected chi connectivity index (χ1v) is 13.0. The van der Waals surface area contributed by atoms with Gasteiger partial charge < -0.3 is 14.3 Å². The van der Waals surface area contributed by atoms with Crippen LogP contribution in [0, 0.1) is 20.2 Å². The molecule has 0 saturated heterocycles. The van der Waals surface area contributed by atoms with Gasteiger partial charge in [0.1, 0.15) is 29.3 Å². The Kier molecular flexibility index (Phi) is 7.94. The Morgan fingerprint density at radius 1 is 0.854 bits per heavy atom. The van der Waals surface area contributed by atoms with E-state index in [1.54, 1.807) is 24.3 Å². The molecule has 0 amide bonds. The van der Waals surface area contributed by atoms with Crippen molar-refractivity contribution in [1.82, 2.24) is 15.2 Å². The zero-order valence-electron chi connectivity index (χ0n) is 20.9. The van der Waals surface area contributed by atoms with Gasteiger partial charge in [0, 0.05) is 58.7 Å². The van der Waals surface area contributed by atoms with Crippen LogP contribution in [0.25, 0.3) is 33.5 Å². The molecule has 1 atom stereocenters. The predicted octanol–water partition coefficient (Wildman–Crippen LogP) is 4.66. The summed E-state index contributed by atoms with van der Waals surface area (Å²) in [6.07, 6.45) is -0.917. The van der Waals surface area contributed by atoms with Crippen molar-refractivity contribution in [1.29, 1.82) is 0 Å². The Morgan fingerprint density at radius 3 is 2.10 bits per heavy atom. The third-order valence-corrected chi connectivity index (χ3v) is 6.79. The maximum atomic E-state index is 11.5. The number of hydrogen-bond donors (Lipinski definition) is 1. The van der Waals surface area contributed by atoms with Crippen LogP contribution in [0.3, 0.4) is 0 Å². The monoisotopic (exact) mass is 573 g/mol. The second-order valence-electron chi connectivity index (χ2n) is 8.63. The van der Waals surface area contributed by atoms with E-state index < -0.39 is 21.6 Å². The lowest BCUT2D eigenvalue weighted by Gasteiger charge is -2.13. The maximum Gasteiger partial charge on any atom is 0.336 e. The molecule has 41 heavy (non-hydrogen) atoms. The van der Waals surface area contributed by atoms with Gasteiger partial charge >= 0.3 is 5.63 Å². The van der Waals surface area contributed by atoms with Crippen LogP contribution in [0.5, 0.6) is 5.75 Å². The summed E-state index contributed by atoms with van der Waals surface area (Å²) >= 11 is 1.12. The number of benzene rings is 3. The molecule has 1 N–H and O–H groups in total. The summed E-state index contributed by atoms with van der Waals surface area (Å²) in [5, 5.41) is 42.0. The molecule has 0 radical (unpaired) electrons. The smallest absolute Gasteiger partial charge is 0.336 e. The molecule has 14 heteroatoms.